The summed E-state index contributed by atoms with van der Waals surface area (Å²) in [5.74, 6) is 0. The molecular weight excluding hydrogens is 255 g/mol. The van der Waals surface area contributed by atoms with E-state index in [1.807, 2.05) is 31.2 Å². The van der Waals surface area contributed by atoms with Crippen LogP contribution in [0.15, 0.2) is 36.4 Å². The first-order valence-electron chi connectivity index (χ1n) is 5.13. The van der Waals surface area contributed by atoms with E-state index >= 15 is 0 Å². The first kappa shape index (κ1) is 12.2. The van der Waals surface area contributed by atoms with Gasteiger partial charge in [-0.05, 0) is 18.6 Å². The van der Waals surface area contributed by atoms with Gasteiger partial charge in [0.05, 0.1) is 10.0 Å². The fourth-order valence-corrected chi connectivity index (χ4v) is 2.12. The van der Waals surface area contributed by atoms with Crippen molar-refractivity contribution < 1.29 is 4.79 Å². The Morgan fingerprint density at radius 2 is 1.82 bits per heavy atom. The first-order valence-corrected chi connectivity index (χ1v) is 5.89. The van der Waals surface area contributed by atoms with E-state index in [0.717, 1.165) is 23.0 Å². The summed E-state index contributed by atoms with van der Waals surface area (Å²) in [5.41, 5.74) is 3.28. The van der Waals surface area contributed by atoms with Gasteiger partial charge in [0.2, 0.25) is 0 Å². The fourth-order valence-electron chi connectivity index (χ4n) is 1.72. The minimum Gasteiger partial charge on any atom is -0.298 e. The van der Waals surface area contributed by atoms with Crippen LogP contribution in [0.1, 0.15) is 15.9 Å². The summed E-state index contributed by atoms with van der Waals surface area (Å²) in [6.45, 7) is 1.97. The lowest BCUT2D eigenvalue weighted by Crippen LogP contribution is -1.90. The number of hydrogen-bond donors (Lipinski definition) is 0. The van der Waals surface area contributed by atoms with Crippen molar-refractivity contribution in [2.24, 2.45) is 0 Å². The van der Waals surface area contributed by atoms with Crippen molar-refractivity contribution >= 4 is 29.5 Å². The van der Waals surface area contributed by atoms with E-state index < -0.39 is 0 Å². The van der Waals surface area contributed by atoms with E-state index in [4.69, 9.17) is 23.2 Å². The second kappa shape index (κ2) is 4.91. The molecule has 86 valence electrons. The molecule has 0 atom stereocenters. The predicted octanol–water partition coefficient (Wildman–Crippen LogP) is 4.78. The molecule has 2 aromatic rings. The molecule has 0 aromatic heterocycles. The maximum absolute atomic E-state index is 11.0. The van der Waals surface area contributed by atoms with Crippen molar-refractivity contribution in [2.75, 3.05) is 0 Å². The Bertz CT molecular complexity index is 576. The van der Waals surface area contributed by atoms with Crippen molar-refractivity contribution in [3.8, 4) is 11.1 Å². The summed E-state index contributed by atoms with van der Waals surface area (Å²) in [7, 11) is 0. The number of carbonyl (C=O) groups is 1. The topological polar surface area (TPSA) is 17.1 Å². The fraction of sp³-hybridized carbons (Fsp3) is 0.0714. The lowest BCUT2D eigenvalue weighted by atomic mass is 9.98. The van der Waals surface area contributed by atoms with E-state index in [9.17, 15) is 4.79 Å². The molecule has 3 heteroatoms. The second-order valence-electron chi connectivity index (χ2n) is 3.81. The second-order valence-corrected chi connectivity index (χ2v) is 4.60. The van der Waals surface area contributed by atoms with E-state index in [1.165, 1.54) is 0 Å². The number of rotatable bonds is 2. The third kappa shape index (κ3) is 2.36. The molecule has 0 saturated heterocycles. The van der Waals surface area contributed by atoms with E-state index in [2.05, 4.69) is 0 Å². The molecule has 2 rings (SSSR count). The molecule has 0 amide bonds. The van der Waals surface area contributed by atoms with Gasteiger partial charge in [0, 0.05) is 11.1 Å². The normalized spacial score (nSPS) is 10.3. The van der Waals surface area contributed by atoms with Gasteiger partial charge in [-0.1, -0.05) is 59.1 Å². The Kier molecular flexibility index (Phi) is 3.51. The molecule has 0 N–H and O–H groups in total. The van der Waals surface area contributed by atoms with Crippen molar-refractivity contribution in [3.63, 3.8) is 0 Å². The number of benzene rings is 2. The molecule has 0 bridgehead atoms. The Labute approximate surface area is 110 Å². The molecule has 0 aliphatic carbocycles. The van der Waals surface area contributed by atoms with E-state index in [-0.39, 0.29) is 0 Å². The van der Waals surface area contributed by atoms with Gasteiger partial charge < -0.3 is 0 Å². The Hall–Kier alpha value is -1.31. The van der Waals surface area contributed by atoms with Crippen LogP contribution in [0.25, 0.3) is 11.1 Å². The summed E-state index contributed by atoms with van der Waals surface area (Å²) >= 11 is 12.1. The number of aryl methyl sites for hydroxylation is 1. The highest BCUT2D eigenvalue weighted by Crippen LogP contribution is 2.35. The lowest BCUT2D eigenvalue weighted by molar-refractivity contribution is 0.112. The van der Waals surface area contributed by atoms with Crippen LogP contribution in [-0.4, -0.2) is 6.29 Å². The summed E-state index contributed by atoms with van der Waals surface area (Å²) < 4.78 is 0. The van der Waals surface area contributed by atoms with Crippen LogP contribution < -0.4 is 0 Å². The summed E-state index contributed by atoms with van der Waals surface area (Å²) in [5, 5.41) is 0.963. The van der Waals surface area contributed by atoms with Crippen LogP contribution >= 0.6 is 23.2 Å². The van der Waals surface area contributed by atoms with Gasteiger partial charge in [-0.2, -0.15) is 0 Å². The van der Waals surface area contributed by atoms with Gasteiger partial charge in [-0.15, -0.1) is 0 Å². The molecular formula is C14H10Cl2O. The standard InChI is InChI=1S/C14H10Cl2O/c1-9-5-6-10(8-17)12(7-9)11-3-2-4-13(15)14(11)16/h2-8H,1H3. The smallest absolute Gasteiger partial charge is 0.150 e. The minimum absolute atomic E-state index is 0.475. The first-order chi connectivity index (χ1) is 8.13. The summed E-state index contributed by atoms with van der Waals surface area (Å²) in [4.78, 5) is 11.0. The van der Waals surface area contributed by atoms with Gasteiger partial charge in [-0.25, -0.2) is 0 Å². The SMILES string of the molecule is Cc1ccc(C=O)c(-c2cccc(Cl)c2Cl)c1. The third-order valence-corrected chi connectivity index (χ3v) is 3.40. The molecule has 0 aliphatic rings. The number of aldehydes is 1. The monoisotopic (exact) mass is 264 g/mol. The molecule has 0 aliphatic heterocycles. The van der Waals surface area contributed by atoms with Crippen molar-refractivity contribution in [1.29, 1.82) is 0 Å². The largest absolute Gasteiger partial charge is 0.298 e. The molecule has 0 heterocycles. The summed E-state index contributed by atoms with van der Waals surface area (Å²) in [6.07, 6.45) is 0.825. The van der Waals surface area contributed by atoms with Crippen molar-refractivity contribution in [2.45, 2.75) is 6.92 Å². The zero-order valence-corrected chi connectivity index (χ0v) is 10.7. The van der Waals surface area contributed by atoms with Gasteiger partial charge in [0.25, 0.3) is 0 Å². The highest BCUT2D eigenvalue weighted by Gasteiger charge is 2.10. The number of carbonyl (C=O) groups excluding carboxylic acids is 1. The maximum atomic E-state index is 11.0. The van der Waals surface area contributed by atoms with Crippen LogP contribution in [0.2, 0.25) is 10.0 Å². The van der Waals surface area contributed by atoms with Gasteiger partial charge >= 0.3 is 0 Å². The summed E-state index contributed by atoms with van der Waals surface area (Å²) in [6, 6.07) is 11.0. The van der Waals surface area contributed by atoms with E-state index in [0.29, 0.717) is 15.6 Å². The minimum atomic E-state index is 0.475. The highest BCUT2D eigenvalue weighted by molar-refractivity contribution is 6.43. The Balaban J connectivity index is 2.71. The van der Waals surface area contributed by atoms with Crippen LogP contribution in [0.3, 0.4) is 0 Å². The van der Waals surface area contributed by atoms with Gasteiger partial charge in [0.1, 0.15) is 0 Å². The quantitative estimate of drug-likeness (QED) is 0.714. The molecule has 0 fully saturated rings. The zero-order chi connectivity index (χ0) is 12.4. The van der Waals surface area contributed by atoms with Crippen LogP contribution in [0, 0.1) is 6.92 Å². The lowest BCUT2D eigenvalue weighted by Gasteiger charge is -2.09. The van der Waals surface area contributed by atoms with Gasteiger partial charge in [0.15, 0.2) is 6.29 Å². The number of hydrogen-bond acceptors (Lipinski definition) is 1. The molecule has 1 nitrogen and oxygen atoms in total. The molecule has 0 unspecified atom stereocenters. The maximum Gasteiger partial charge on any atom is 0.150 e. The van der Waals surface area contributed by atoms with Gasteiger partial charge in [-0.3, -0.25) is 4.79 Å². The molecule has 0 spiro atoms. The predicted molar refractivity (Wildman–Crippen MR) is 72.0 cm³/mol. The number of halogens is 2. The Morgan fingerprint density at radius 1 is 1.06 bits per heavy atom. The highest BCUT2D eigenvalue weighted by atomic mass is 35.5. The van der Waals surface area contributed by atoms with E-state index in [1.54, 1.807) is 12.1 Å². The molecule has 0 saturated carbocycles. The molecule has 2 aromatic carbocycles. The average Bonchev–Trinajstić information content (AvgIpc) is 2.33. The van der Waals surface area contributed by atoms with Crippen molar-refractivity contribution in [1.82, 2.24) is 0 Å². The van der Waals surface area contributed by atoms with Crippen molar-refractivity contribution in [3.05, 3.63) is 57.6 Å². The molecule has 17 heavy (non-hydrogen) atoms. The van der Waals surface area contributed by atoms with Crippen LogP contribution in [0.5, 0.6) is 0 Å². The third-order valence-electron chi connectivity index (χ3n) is 2.58. The zero-order valence-electron chi connectivity index (χ0n) is 9.21. The van der Waals surface area contributed by atoms with Crippen LogP contribution in [-0.2, 0) is 0 Å². The van der Waals surface area contributed by atoms with Crippen LogP contribution in [0.4, 0.5) is 0 Å². The molecule has 0 radical (unpaired) electrons. The average molecular weight is 265 g/mol. The Morgan fingerprint density at radius 3 is 2.53 bits per heavy atom.